The van der Waals surface area contributed by atoms with Crippen molar-refractivity contribution in [2.24, 2.45) is 0 Å². The Kier molecular flexibility index (Phi) is 3.64. The van der Waals surface area contributed by atoms with Gasteiger partial charge in [-0.2, -0.15) is 0 Å². The van der Waals surface area contributed by atoms with E-state index >= 15 is 0 Å². The van der Waals surface area contributed by atoms with Crippen molar-refractivity contribution in [2.75, 3.05) is 7.05 Å². The number of rotatable bonds is 1. The first-order valence-corrected chi connectivity index (χ1v) is 8.17. The molecule has 0 atom stereocenters. The predicted octanol–water partition coefficient (Wildman–Crippen LogP) is 4.44. The maximum Gasteiger partial charge on any atom is 0.112 e. The average molecular weight is 297 g/mol. The van der Waals surface area contributed by atoms with Crippen LogP contribution < -0.4 is 0 Å². The van der Waals surface area contributed by atoms with Gasteiger partial charge in [0, 0.05) is 24.1 Å². The summed E-state index contributed by atoms with van der Waals surface area (Å²) in [6.45, 7) is 13.0. The third-order valence-electron chi connectivity index (χ3n) is 4.41. The molecule has 2 aromatic rings. The molecular weight excluding hydrogens is 270 g/mol. The fourth-order valence-corrected chi connectivity index (χ4v) is 3.05. The summed E-state index contributed by atoms with van der Waals surface area (Å²) in [5.74, 6) is 1.63. The summed E-state index contributed by atoms with van der Waals surface area (Å²) in [6, 6.07) is 6.87. The molecule has 0 fully saturated rings. The molecule has 0 bridgehead atoms. The van der Waals surface area contributed by atoms with Crippen molar-refractivity contribution < 1.29 is 0 Å². The van der Waals surface area contributed by atoms with Gasteiger partial charge >= 0.3 is 0 Å². The minimum Gasteiger partial charge on any atom is -0.344 e. The van der Waals surface area contributed by atoms with Gasteiger partial charge in [0.15, 0.2) is 0 Å². The first kappa shape index (κ1) is 15.3. The summed E-state index contributed by atoms with van der Waals surface area (Å²) in [7, 11) is 2.18. The Morgan fingerprint density at radius 3 is 2.55 bits per heavy atom. The van der Waals surface area contributed by atoms with Crippen LogP contribution in [0.5, 0.6) is 0 Å². The van der Waals surface area contributed by atoms with Crippen molar-refractivity contribution in [3.8, 4) is 11.3 Å². The Bertz CT molecular complexity index is 689. The van der Waals surface area contributed by atoms with E-state index in [0.717, 1.165) is 24.6 Å². The molecule has 3 nitrogen and oxygen atoms in total. The molecule has 0 saturated heterocycles. The maximum atomic E-state index is 4.95. The standard InChI is InChI=1S/C19H27N3/c1-12(2)13-7-8-15-14(9-13)10-22(6)11-16-17(15)21-18(20-16)19(3,4)5/h7-9,12H,10-11H2,1-6H3,(H,20,21). The van der Waals surface area contributed by atoms with Gasteiger partial charge in [-0.15, -0.1) is 0 Å². The molecule has 0 radical (unpaired) electrons. The third-order valence-corrected chi connectivity index (χ3v) is 4.41. The molecule has 1 aromatic carbocycles. The van der Waals surface area contributed by atoms with Gasteiger partial charge in [0.1, 0.15) is 5.82 Å². The van der Waals surface area contributed by atoms with E-state index < -0.39 is 0 Å². The maximum absolute atomic E-state index is 4.95. The topological polar surface area (TPSA) is 31.9 Å². The fourth-order valence-electron chi connectivity index (χ4n) is 3.05. The summed E-state index contributed by atoms with van der Waals surface area (Å²) < 4.78 is 0. The van der Waals surface area contributed by atoms with E-state index in [4.69, 9.17) is 4.98 Å². The van der Waals surface area contributed by atoms with E-state index in [0.29, 0.717) is 5.92 Å². The van der Waals surface area contributed by atoms with E-state index in [1.165, 1.54) is 22.4 Å². The van der Waals surface area contributed by atoms with Crippen LogP contribution in [0.15, 0.2) is 18.2 Å². The van der Waals surface area contributed by atoms with Crippen molar-refractivity contribution in [1.82, 2.24) is 14.9 Å². The summed E-state index contributed by atoms with van der Waals surface area (Å²) >= 11 is 0. The molecular formula is C19H27N3. The number of aromatic amines is 1. The minimum atomic E-state index is 0.0444. The first-order chi connectivity index (χ1) is 10.3. The number of aromatic nitrogens is 2. The Morgan fingerprint density at radius 2 is 1.91 bits per heavy atom. The summed E-state index contributed by atoms with van der Waals surface area (Å²) in [4.78, 5) is 10.9. The second-order valence-corrected chi connectivity index (χ2v) is 7.91. The predicted molar refractivity (Wildman–Crippen MR) is 92.0 cm³/mol. The molecule has 1 aliphatic heterocycles. The monoisotopic (exact) mass is 297 g/mol. The van der Waals surface area contributed by atoms with Gasteiger partial charge < -0.3 is 4.98 Å². The molecule has 0 unspecified atom stereocenters. The Labute approximate surface area is 133 Å². The van der Waals surface area contributed by atoms with E-state index in [9.17, 15) is 0 Å². The summed E-state index contributed by atoms with van der Waals surface area (Å²) in [6.07, 6.45) is 0. The van der Waals surface area contributed by atoms with Crippen LogP contribution in [0.3, 0.4) is 0 Å². The minimum absolute atomic E-state index is 0.0444. The lowest BCUT2D eigenvalue weighted by Gasteiger charge is -2.17. The highest BCUT2D eigenvalue weighted by Gasteiger charge is 2.25. The highest BCUT2D eigenvalue weighted by Crippen LogP contribution is 2.34. The summed E-state index contributed by atoms with van der Waals surface area (Å²) in [5.41, 5.74) is 6.50. The molecule has 118 valence electrons. The molecule has 3 rings (SSSR count). The van der Waals surface area contributed by atoms with Crippen molar-refractivity contribution in [2.45, 2.75) is 59.0 Å². The smallest absolute Gasteiger partial charge is 0.112 e. The number of hydrogen-bond donors (Lipinski definition) is 1. The number of imidazole rings is 1. The van der Waals surface area contributed by atoms with Gasteiger partial charge in [0.2, 0.25) is 0 Å². The van der Waals surface area contributed by atoms with Gasteiger partial charge in [-0.05, 0) is 24.1 Å². The number of H-pyrrole nitrogens is 1. The molecule has 1 N–H and O–H groups in total. The van der Waals surface area contributed by atoms with Gasteiger partial charge in [0.25, 0.3) is 0 Å². The van der Waals surface area contributed by atoms with Gasteiger partial charge in [-0.3, -0.25) is 4.90 Å². The fraction of sp³-hybridized carbons (Fsp3) is 0.526. The molecule has 3 heteroatoms. The van der Waals surface area contributed by atoms with E-state index in [2.05, 4.69) is 69.7 Å². The number of benzene rings is 1. The van der Waals surface area contributed by atoms with Crippen LogP contribution >= 0.6 is 0 Å². The lowest BCUT2D eigenvalue weighted by atomic mass is 9.95. The van der Waals surface area contributed by atoms with Crippen molar-refractivity contribution >= 4 is 0 Å². The molecule has 22 heavy (non-hydrogen) atoms. The average Bonchev–Trinajstić information content (AvgIpc) is 2.77. The Balaban J connectivity index is 2.16. The van der Waals surface area contributed by atoms with Crippen molar-refractivity contribution in [3.63, 3.8) is 0 Å². The normalized spacial score (nSPS) is 15.6. The van der Waals surface area contributed by atoms with E-state index in [1.54, 1.807) is 0 Å². The van der Waals surface area contributed by atoms with Crippen LogP contribution in [0.25, 0.3) is 11.3 Å². The number of nitrogens with one attached hydrogen (secondary N) is 1. The van der Waals surface area contributed by atoms with Gasteiger partial charge in [0.05, 0.1) is 11.4 Å². The largest absolute Gasteiger partial charge is 0.344 e. The van der Waals surface area contributed by atoms with Crippen LogP contribution in [0, 0.1) is 0 Å². The number of fused-ring (bicyclic) bond motifs is 3. The second-order valence-electron chi connectivity index (χ2n) is 7.91. The number of hydrogen-bond acceptors (Lipinski definition) is 2. The zero-order valence-electron chi connectivity index (χ0n) is 14.6. The Morgan fingerprint density at radius 1 is 1.18 bits per heavy atom. The molecule has 1 aliphatic rings. The van der Waals surface area contributed by atoms with Crippen LogP contribution in [0.4, 0.5) is 0 Å². The molecule has 2 heterocycles. The highest BCUT2D eigenvalue weighted by atomic mass is 15.1. The zero-order chi connectivity index (χ0) is 16.1. The van der Waals surface area contributed by atoms with E-state index in [-0.39, 0.29) is 5.41 Å². The molecule has 0 aliphatic carbocycles. The third kappa shape index (κ3) is 2.70. The first-order valence-electron chi connectivity index (χ1n) is 8.17. The molecule has 0 saturated carbocycles. The van der Waals surface area contributed by atoms with Gasteiger partial charge in [-0.25, -0.2) is 4.98 Å². The van der Waals surface area contributed by atoms with Crippen LogP contribution in [-0.2, 0) is 18.5 Å². The molecule has 0 spiro atoms. The van der Waals surface area contributed by atoms with Crippen LogP contribution in [0.2, 0.25) is 0 Å². The van der Waals surface area contributed by atoms with Crippen molar-refractivity contribution in [1.29, 1.82) is 0 Å². The van der Waals surface area contributed by atoms with Crippen LogP contribution in [-0.4, -0.2) is 21.9 Å². The SMILES string of the molecule is CC(C)c1ccc2c(c1)CN(C)Cc1[nH]c(C(C)(C)C)nc1-2. The van der Waals surface area contributed by atoms with Crippen molar-refractivity contribution in [3.05, 3.63) is 40.8 Å². The second kappa shape index (κ2) is 5.24. The van der Waals surface area contributed by atoms with Crippen LogP contribution in [0.1, 0.15) is 63.2 Å². The molecule has 1 aromatic heterocycles. The highest BCUT2D eigenvalue weighted by molar-refractivity contribution is 5.68. The Hall–Kier alpha value is -1.61. The lowest BCUT2D eigenvalue weighted by Crippen LogP contribution is -2.17. The quantitative estimate of drug-likeness (QED) is 0.843. The number of nitrogens with zero attached hydrogens (tertiary/aromatic N) is 2. The lowest BCUT2D eigenvalue weighted by molar-refractivity contribution is 0.318. The van der Waals surface area contributed by atoms with E-state index in [1.807, 2.05) is 0 Å². The zero-order valence-corrected chi connectivity index (χ0v) is 14.6. The summed E-state index contributed by atoms with van der Waals surface area (Å²) in [5, 5.41) is 0. The van der Waals surface area contributed by atoms with Gasteiger partial charge in [-0.1, -0.05) is 52.8 Å². The molecule has 0 amide bonds.